The number of esters is 2. The van der Waals surface area contributed by atoms with Crippen molar-refractivity contribution in [2.45, 2.75) is 13.8 Å². The summed E-state index contributed by atoms with van der Waals surface area (Å²) in [5.41, 5.74) is -0.372. The third-order valence-corrected chi connectivity index (χ3v) is 3.18. The Kier molecular flexibility index (Phi) is 4.98. The summed E-state index contributed by atoms with van der Waals surface area (Å²) < 4.78 is 9.49. The van der Waals surface area contributed by atoms with Gasteiger partial charge in [0.15, 0.2) is 5.57 Å². The minimum atomic E-state index is -1.07. The van der Waals surface area contributed by atoms with Crippen LogP contribution in [0.2, 0.25) is 0 Å². The first-order valence-electron chi connectivity index (χ1n) is 7.18. The standard InChI is InChI=1S/C16H15NO7/c1-3-23-15(21)9-5-7-10(8-6-9)17-13(19)11(12(18)14(17)20)16(22)24-4-2/h5-8,18H,3-4H2,1-2H3. The second-order valence-corrected chi connectivity index (χ2v) is 4.66. The molecule has 126 valence electrons. The fraction of sp³-hybridized carbons (Fsp3) is 0.250. The van der Waals surface area contributed by atoms with Gasteiger partial charge < -0.3 is 14.6 Å². The topological polar surface area (TPSA) is 110 Å². The molecule has 0 fully saturated rings. The second-order valence-electron chi connectivity index (χ2n) is 4.66. The molecule has 0 unspecified atom stereocenters. The molecule has 1 aromatic carbocycles. The minimum Gasteiger partial charge on any atom is -0.502 e. The highest BCUT2D eigenvalue weighted by atomic mass is 16.5. The molecule has 1 N–H and O–H groups in total. The molecule has 1 heterocycles. The number of rotatable bonds is 5. The number of anilines is 1. The number of carbonyl (C=O) groups excluding carboxylic acids is 4. The Morgan fingerprint density at radius 3 is 2.04 bits per heavy atom. The average molecular weight is 333 g/mol. The molecule has 0 saturated heterocycles. The van der Waals surface area contributed by atoms with Crippen molar-refractivity contribution < 1.29 is 33.8 Å². The predicted molar refractivity (Wildman–Crippen MR) is 81.2 cm³/mol. The van der Waals surface area contributed by atoms with Crippen molar-refractivity contribution in [3.05, 3.63) is 41.2 Å². The molecular weight excluding hydrogens is 318 g/mol. The minimum absolute atomic E-state index is 0.00861. The van der Waals surface area contributed by atoms with E-state index in [1.54, 1.807) is 6.92 Å². The molecule has 0 bridgehead atoms. The van der Waals surface area contributed by atoms with E-state index in [-0.39, 0.29) is 24.5 Å². The molecule has 0 aliphatic carbocycles. The first-order chi connectivity index (χ1) is 11.4. The van der Waals surface area contributed by atoms with Crippen molar-refractivity contribution in [1.29, 1.82) is 0 Å². The zero-order valence-electron chi connectivity index (χ0n) is 13.1. The van der Waals surface area contributed by atoms with Crippen LogP contribution in [0.4, 0.5) is 5.69 Å². The molecule has 1 aliphatic heterocycles. The van der Waals surface area contributed by atoms with Crippen LogP contribution >= 0.6 is 0 Å². The molecular formula is C16H15NO7. The van der Waals surface area contributed by atoms with E-state index in [0.717, 1.165) is 0 Å². The lowest BCUT2D eigenvalue weighted by Gasteiger charge is -2.14. The number of aliphatic hydroxyl groups is 1. The Bertz CT molecular complexity index is 733. The van der Waals surface area contributed by atoms with Crippen LogP contribution in [0.25, 0.3) is 0 Å². The molecule has 1 aromatic rings. The lowest BCUT2D eigenvalue weighted by molar-refractivity contribution is -0.140. The van der Waals surface area contributed by atoms with Gasteiger partial charge in [0, 0.05) is 0 Å². The summed E-state index contributed by atoms with van der Waals surface area (Å²) in [5.74, 6) is -4.60. The van der Waals surface area contributed by atoms with Crippen molar-refractivity contribution in [3.8, 4) is 0 Å². The number of hydrogen-bond donors (Lipinski definition) is 1. The summed E-state index contributed by atoms with van der Waals surface area (Å²) in [6.07, 6.45) is 0. The number of imide groups is 1. The van der Waals surface area contributed by atoms with Crippen molar-refractivity contribution in [2.24, 2.45) is 0 Å². The highest BCUT2D eigenvalue weighted by molar-refractivity contribution is 6.39. The lowest BCUT2D eigenvalue weighted by Crippen LogP contribution is -2.32. The maximum absolute atomic E-state index is 12.3. The van der Waals surface area contributed by atoms with Gasteiger partial charge in [-0.1, -0.05) is 0 Å². The number of carbonyl (C=O) groups is 4. The van der Waals surface area contributed by atoms with Crippen molar-refractivity contribution in [3.63, 3.8) is 0 Å². The zero-order chi connectivity index (χ0) is 17.9. The van der Waals surface area contributed by atoms with E-state index in [1.165, 1.54) is 31.2 Å². The van der Waals surface area contributed by atoms with Crippen molar-refractivity contribution in [1.82, 2.24) is 0 Å². The molecule has 0 atom stereocenters. The summed E-state index contributed by atoms with van der Waals surface area (Å²) in [6.45, 7) is 3.40. The fourth-order valence-corrected chi connectivity index (χ4v) is 2.10. The number of nitrogens with zero attached hydrogens (tertiary/aromatic N) is 1. The number of hydrogen-bond acceptors (Lipinski definition) is 7. The molecule has 24 heavy (non-hydrogen) atoms. The first kappa shape index (κ1) is 17.2. The number of benzene rings is 1. The summed E-state index contributed by atoms with van der Waals surface area (Å²) in [4.78, 5) is 48.2. The lowest BCUT2D eigenvalue weighted by atomic mass is 10.2. The first-order valence-corrected chi connectivity index (χ1v) is 7.18. The van der Waals surface area contributed by atoms with E-state index in [9.17, 15) is 24.3 Å². The molecule has 0 radical (unpaired) electrons. The Morgan fingerprint density at radius 1 is 0.958 bits per heavy atom. The van der Waals surface area contributed by atoms with E-state index < -0.39 is 35.1 Å². The fourth-order valence-electron chi connectivity index (χ4n) is 2.10. The third-order valence-electron chi connectivity index (χ3n) is 3.18. The summed E-state index contributed by atoms with van der Waals surface area (Å²) >= 11 is 0. The van der Waals surface area contributed by atoms with Crippen LogP contribution < -0.4 is 4.90 Å². The molecule has 2 rings (SSSR count). The Morgan fingerprint density at radius 2 is 1.50 bits per heavy atom. The van der Waals surface area contributed by atoms with Crippen LogP contribution in [0.1, 0.15) is 24.2 Å². The van der Waals surface area contributed by atoms with Gasteiger partial charge in [-0.2, -0.15) is 0 Å². The molecule has 0 spiro atoms. The van der Waals surface area contributed by atoms with Crippen LogP contribution in [-0.2, 0) is 23.9 Å². The Balaban J connectivity index is 2.28. The van der Waals surface area contributed by atoms with Crippen molar-refractivity contribution in [2.75, 3.05) is 18.1 Å². The molecule has 8 nitrogen and oxygen atoms in total. The number of aliphatic hydroxyl groups excluding tert-OH is 1. The van der Waals surface area contributed by atoms with Crippen molar-refractivity contribution >= 4 is 29.4 Å². The van der Waals surface area contributed by atoms with Crippen LogP contribution in [0.15, 0.2) is 35.6 Å². The van der Waals surface area contributed by atoms with Gasteiger partial charge in [-0.3, -0.25) is 9.59 Å². The molecule has 8 heteroatoms. The second kappa shape index (κ2) is 6.95. The van der Waals surface area contributed by atoms with Gasteiger partial charge in [0.1, 0.15) is 0 Å². The maximum Gasteiger partial charge on any atom is 0.347 e. The molecule has 1 aliphatic rings. The van der Waals surface area contributed by atoms with E-state index >= 15 is 0 Å². The van der Waals surface area contributed by atoms with E-state index in [1.807, 2.05) is 0 Å². The maximum atomic E-state index is 12.3. The smallest absolute Gasteiger partial charge is 0.347 e. The van der Waals surface area contributed by atoms with E-state index in [2.05, 4.69) is 4.74 Å². The zero-order valence-corrected chi connectivity index (χ0v) is 13.1. The van der Waals surface area contributed by atoms with Crippen LogP contribution in [0.5, 0.6) is 0 Å². The Hall–Kier alpha value is -3.16. The van der Waals surface area contributed by atoms with Crippen LogP contribution in [0, 0.1) is 0 Å². The monoisotopic (exact) mass is 333 g/mol. The van der Waals surface area contributed by atoms with Gasteiger partial charge in [0.2, 0.25) is 5.76 Å². The average Bonchev–Trinajstić information content (AvgIpc) is 2.78. The van der Waals surface area contributed by atoms with Gasteiger partial charge in [-0.25, -0.2) is 14.5 Å². The van der Waals surface area contributed by atoms with Gasteiger partial charge in [0.25, 0.3) is 5.91 Å². The van der Waals surface area contributed by atoms with Crippen LogP contribution in [0.3, 0.4) is 0 Å². The number of amides is 2. The summed E-state index contributed by atoms with van der Waals surface area (Å²) in [6, 6.07) is 5.41. The third kappa shape index (κ3) is 2.98. The Labute approximate surface area is 137 Å². The normalized spacial score (nSPS) is 14.2. The van der Waals surface area contributed by atoms with Crippen LogP contribution in [-0.4, -0.2) is 42.1 Å². The van der Waals surface area contributed by atoms with Gasteiger partial charge in [-0.15, -0.1) is 0 Å². The van der Waals surface area contributed by atoms with Gasteiger partial charge >= 0.3 is 17.8 Å². The van der Waals surface area contributed by atoms with E-state index in [0.29, 0.717) is 4.90 Å². The molecule has 0 saturated carbocycles. The highest BCUT2D eigenvalue weighted by Crippen LogP contribution is 2.27. The predicted octanol–water partition coefficient (Wildman–Crippen LogP) is 1.11. The van der Waals surface area contributed by atoms with Gasteiger partial charge in [0.05, 0.1) is 24.5 Å². The van der Waals surface area contributed by atoms with E-state index in [4.69, 9.17) is 4.74 Å². The molecule has 2 amide bonds. The summed E-state index contributed by atoms with van der Waals surface area (Å²) in [5, 5.41) is 9.76. The quantitative estimate of drug-likeness (QED) is 0.488. The molecule has 0 aromatic heterocycles. The SMILES string of the molecule is CCOC(=O)C1=C(O)C(=O)N(c2ccc(C(=O)OCC)cc2)C1=O. The summed E-state index contributed by atoms with van der Waals surface area (Å²) in [7, 11) is 0. The largest absolute Gasteiger partial charge is 0.502 e. The van der Waals surface area contributed by atoms with Gasteiger partial charge in [-0.05, 0) is 38.1 Å². The number of ether oxygens (including phenoxy) is 2. The highest BCUT2D eigenvalue weighted by Gasteiger charge is 2.43.